The van der Waals surface area contributed by atoms with E-state index in [0.29, 0.717) is 5.56 Å². The summed E-state index contributed by atoms with van der Waals surface area (Å²) in [7, 11) is 1.22. The van der Waals surface area contributed by atoms with Gasteiger partial charge in [0.1, 0.15) is 17.9 Å². The fraction of sp³-hybridized carbons (Fsp3) is 0.412. The van der Waals surface area contributed by atoms with Crippen molar-refractivity contribution >= 4 is 5.97 Å². The number of methoxy groups -OCH3 is 1. The summed E-state index contributed by atoms with van der Waals surface area (Å²) in [5.74, 6) is -0.186. The Hall–Kier alpha value is -2.31. The van der Waals surface area contributed by atoms with Gasteiger partial charge in [-0.1, -0.05) is 23.7 Å². The molecule has 1 aromatic carbocycles. The van der Waals surface area contributed by atoms with Crippen LogP contribution in [0, 0.1) is 0 Å². The van der Waals surface area contributed by atoms with Crippen LogP contribution < -0.4 is 0 Å². The van der Waals surface area contributed by atoms with E-state index in [9.17, 15) is 18.0 Å². The Morgan fingerprint density at radius 3 is 2.67 bits per heavy atom. The lowest BCUT2D eigenvalue weighted by molar-refractivity contribution is -0.140. The molecule has 1 aliphatic carbocycles. The van der Waals surface area contributed by atoms with Gasteiger partial charge >= 0.3 is 12.1 Å². The van der Waals surface area contributed by atoms with Crippen LogP contribution in [0.3, 0.4) is 0 Å². The largest absolute Gasteiger partial charge is 0.469 e. The highest BCUT2D eigenvalue weighted by atomic mass is 19.4. The topological polar surface area (TPSA) is 52.3 Å². The van der Waals surface area contributed by atoms with E-state index in [1.807, 2.05) is 0 Å². The number of esters is 1. The predicted molar refractivity (Wildman–Crippen MR) is 79.3 cm³/mol. The number of carbonyl (C=O) groups is 1. The van der Waals surface area contributed by atoms with Gasteiger partial charge in [0, 0.05) is 11.6 Å². The second-order valence-electron chi connectivity index (χ2n) is 5.86. The van der Waals surface area contributed by atoms with Crippen LogP contribution in [-0.2, 0) is 22.1 Å². The molecule has 24 heavy (non-hydrogen) atoms. The standard InChI is InChI=1S/C17H16F3NO3/c1-23-16(22)9-12-8-15(21-24-12)13-6-5-11(10-3-2-4-10)7-14(13)17(18,19)20/h5-8,10H,2-4,9H2,1H3. The van der Waals surface area contributed by atoms with Crippen molar-refractivity contribution in [2.45, 2.75) is 37.8 Å². The molecule has 1 aromatic heterocycles. The molecule has 0 spiro atoms. The predicted octanol–water partition coefficient (Wildman–Crippen LogP) is 4.34. The Balaban J connectivity index is 1.96. The SMILES string of the molecule is COC(=O)Cc1cc(-c2ccc(C3CCC3)cc2C(F)(F)F)no1. The number of nitrogens with zero attached hydrogens (tertiary/aromatic N) is 1. The van der Waals surface area contributed by atoms with Crippen molar-refractivity contribution in [2.75, 3.05) is 7.11 Å². The van der Waals surface area contributed by atoms with E-state index in [1.54, 1.807) is 6.07 Å². The Morgan fingerprint density at radius 1 is 1.33 bits per heavy atom. The summed E-state index contributed by atoms with van der Waals surface area (Å²) in [6.07, 6.45) is -1.77. The number of carbonyl (C=O) groups excluding carboxylic acids is 1. The van der Waals surface area contributed by atoms with E-state index in [1.165, 1.54) is 25.3 Å². The van der Waals surface area contributed by atoms with Crippen molar-refractivity contribution in [3.05, 3.63) is 41.2 Å². The minimum Gasteiger partial charge on any atom is -0.469 e. The maximum Gasteiger partial charge on any atom is 0.417 e. The van der Waals surface area contributed by atoms with Gasteiger partial charge in [-0.3, -0.25) is 4.79 Å². The van der Waals surface area contributed by atoms with Gasteiger partial charge in [-0.25, -0.2) is 0 Å². The minimum atomic E-state index is -4.49. The third kappa shape index (κ3) is 3.29. The third-order valence-electron chi connectivity index (χ3n) is 4.31. The molecule has 2 aromatic rings. The molecule has 7 heteroatoms. The summed E-state index contributed by atoms with van der Waals surface area (Å²) in [6, 6.07) is 5.68. The molecular formula is C17H16F3NO3. The molecule has 3 rings (SSSR count). The molecule has 1 aliphatic rings. The smallest absolute Gasteiger partial charge is 0.417 e. The zero-order valence-electron chi connectivity index (χ0n) is 13.0. The van der Waals surface area contributed by atoms with E-state index < -0.39 is 17.7 Å². The van der Waals surface area contributed by atoms with Crippen LogP contribution in [0.1, 0.15) is 42.1 Å². The monoisotopic (exact) mass is 339 g/mol. The van der Waals surface area contributed by atoms with Gasteiger partial charge in [0.15, 0.2) is 0 Å². The second-order valence-corrected chi connectivity index (χ2v) is 5.86. The van der Waals surface area contributed by atoms with Crippen molar-refractivity contribution in [1.29, 1.82) is 0 Å². The third-order valence-corrected chi connectivity index (χ3v) is 4.31. The van der Waals surface area contributed by atoms with Crippen molar-refractivity contribution < 1.29 is 27.2 Å². The molecule has 0 unspecified atom stereocenters. The van der Waals surface area contributed by atoms with E-state index >= 15 is 0 Å². The van der Waals surface area contributed by atoms with Crippen LogP contribution in [0.4, 0.5) is 13.2 Å². The Bertz CT molecular complexity index is 748. The van der Waals surface area contributed by atoms with Crippen LogP contribution in [0.25, 0.3) is 11.3 Å². The summed E-state index contributed by atoms with van der Waals surface area (Å²) in [5, 5.41) is 3.67. The van der Waals surface area contributed by atoms with Gasteiger partial charge in [-0.05, 0) is 30.4 Å². The van der Waals surface area contributed by atoms with Gasteiger partial charge in [-0.15, -0.1) is 0 Å². The number of benzene rings is 1. The molecule has 0 aliphatic heterocycles. The quantitative estimate of drug-likeness (QED) is 0.778. The van der Waals surface area contributed by atoms with E-state index in [2.05, 4.69) is 9.89 Å². The van der Waals surface area contributed by atoms with Gasteiger partial charge in [0.05, 0.1) is 12.7 Å². The fourth-order valence-electron chi connectivity index (χ4n) is 2.75. The molecule has 128 valence electrons. The number of halogens is 3. The summed E-state index contributed by atoms with van der Waals surface area (Å²) in [4.78, 5) is 11.2. The van der Waals surface area contributed by atoms with Crippen LogP contribution in [0.5, 0.6) is 0 Å². The maximum atomic E-state index is 13.4. The number of rotatable bonds is 4. The average molecular weight is 339 g/mol. The molecule has 1 saturated carbocycles. The van der Waals surface area contributed by atoms with Crippen molar-refractivity contribution in [1.82, 2.24) is 5.16 Å². The normalized spacial score (nSPS) is 15.2. The summed E-state index contributed by atoms with van der Waals surface area (Å²) in [5.41, 5.74) is -0.0211. The van der Waals surface area contributed by atoms with Gasteiger partial charge < -0.3 is 9.26 Å². The number of ether oxygens (including phenoxy) is 1. The molecule has 0 bridgehead atoms. The lowest BCUT2D eigenvalue weighted by Crippen LogP contribution is -2.12. The van der Waals surface area contributed by atoms with Crippen LogP contribution in [0.15, 0.2) is 28.8 Å². The van der Waals surface area contributed by atoms with Gasteiger partial charge in [0.2, 0.25) is 0 Å². The highest BCUT2D eigenvalue weighted by Crippen LogP contribution is 2.42. The first-order valence-corrected chi connectivity index (χ1v) is 7.62. The molecule has 0 radical (unpaired) electrons. The number of hydrogen-bond donors (Lipinski definition) is 0. The van der Waals surface area contributed by atoms with E-state index in [0.717, 1.165) is 19.3 Å². The molecule has 1 fully saturated rings. The zero-order chi connectivity index (χ0) is 17.3. The van der Waals surface area contributed by atoms with Crippen molar-refractivity contribution in [3.63, 3.8) is 0 Å². The van der Waals surface area contributed by atoms with E-state index in [4.69, 9.17) is 4.52 Å². The molecular weight excluding hydrogens is 323 g/mol. The summed E-state index contributed by atoms with van der Waals surface area (Å²) < 4.78 is 49.8. The fourth-order valence-corrected chi connectivity index (χ4v) is 2.75. The lowest BCUT2D eigenvalue weighted by Gasteiger charge is -2.27. The lowest BCUT2D eigenvalue weighted by atomic mass is 9.79. The Kier molecular flexibility index (Phi) is 4.34. The van der Waals surface area contributed by atoms with Crippen LogP contribution in [-0.4, -0.2) is 18.2 Å². The number of hydrogen-bond acceptors (Lipinski definition) is 4. The number of alkyl halides is 3. The zero-order valence-corrected chi connectivity index (χ0v) is 13.0. The highest BCUT2D eigenvalue weighted by molar-refractivity contribution is 5.72. The van der Waals surface area contributed by atoms with E-state index in [-0.39, 0.29) is 29.4 Å². The van der Waals surface area contributed by atoms with Gasteiger partial charge in [0.25, 0.3) is 0 Å². The van der Waals surface area contributed by atoms with Gasteiger partial charge in [-0.2, -0.15) is 13.2 Å². The number of aromatic nitrogens is 1. The summed E-state index contributed by atoms with van der Waals surface area (Å²) in [6.45, 7) is 0. The maximum absolute atomic E-state index is 13.4. The van der Waals surface area contributed by atoms with Crippen molar-refractivity contribution in [2.24, 2.45) is 0 Å². The minimum absolute atomic E-state index is 0.0505. The van der Waals surface area contributed by atoms with Crippen molar-refractivity contribution in [3.8, 4) is 11.3 Å². The summed E-state index contributed by atoms with van der Waals surface area (Å²) >= 11 is 0. The first-order valence-electron chi connectivity index (χ1n) is 7.62. The Morgan fingerprint density at radius 2 is 2.08 bits per heavy atom. The molecule has 4 nitrogen and oxygen atoms in total. The first-order chi connectivity index (χ1) is 11.4. The highest BCUT2D eigenvalue weighted by Gasteiger charge is 2.35. The van der Waals surface area contributed by atoms with Crippen LogP contribution in [0.2, 0.25) is 0 Å². The molecule has 0 amide bonds. The molecule has 0 saturated heterocycles. The second kappa shape index (κ2) is 6.30. The first kappa shape index (κ1) is 16.5. The molecule has 0 atom stereocenters. The average Bonchev–Trinajstić information content (AvgIpc) is 2.92. The molecule has 0 N–H and O–H groups in total. The Labute approximate surface area is 136 Å². The van der Waals surface area contributed by atoms with Crippen LogP contribution >= 0.6 is 0 Å². The molecule has 1 heterocycles.